The van der Waals surface area contributed by atoms with Gasteiger partial charge >= 0.3 is 52.8 Å². The minimum atomic E-state index is 0. The molecule has 0 saturated carbocycles. The SMILES string of the molecule is [GeH4].[GeH4].[GeH4].[Hf].[Hf].[Hf].[Hf].[Hf]. The topological polar surface area (TPSA) is 0 Å². The molecule has 0 aliphatic heterocycles. The second kappa shape index (κ2) is 52.1. The van der Waals surface area contributed by atoms with E-state index in [-0.39, 0.29) is 182 Å². The summed E-state index contributed by atoms with van der Waals surface area (Å²) in [6, 6.07) is 0. The normalized spacial score (nSPS) is 0. The van der Waals surface area contributed by atoms with Crippen LogP contribution in [0, 0.1) is 0 Å². The van der Waals surface area contributed by atoms with Crippen molar-refractivity contribution < 1.29 is 129 Å². The molecule has 0 aliphatic rings. The van der Waals surface area contributed by atoms with Crippen molar-refractivity contribution >= 4 is 52.8 Å². The molecule has 0 rings (SSSR count). The largest absolute Gasteiger partial charge is 0 e. The van der Waals surface area contributed by atoms with Crippen molar-refractivity contribution in [1.82, 2.24) is 0 Å². The molecule has 0 atom stereocenters. The van der Waals surface area contributed by atoms with Crippen LogP contribution in [0.4, 0.5) is 0 Å². The average molecular weight is 1120 g/mol. The van der Waals surface area contributed by atoms with Crippen molar-refractivity contribution in [3.05, 3.63) is 0 Å². The molecule has 0 spiro atoms. The van der Waals surface area contributed by atoms with Crippen molar-refractivity contribution in [1.29, 1.82) is 0 Å². The first-order chi connectivity index (χ1) is 0. The van der Waals surface area contributed by atoms with Gasteiger partial charge in [-0.2, -0.15) is 0 Å². The zero-order valence-corrected chi connectivity index (χ0v) is 20.5. The maximum absolute atomic E-state index is 0. The Morgan fingerprint density at radius 2 is 0.250 bits per heavy atom. The van der Waals surface area contributed by atoms with Gasteiger partial charge in [-0.1, -0.05) is 0 Å². The van der Waals surface area contributed by atoms with Crippen molar-refractivity contribution in [3.63, 3.8) is 0 Å². The Bertz CT molecular complexity index is 7.64. The van der Waals surface area contributed by atoms with Gasteiger partial charge in [0.25, 0.3) is 0 Å². The first-order valence-corrected chi connectivity index (χ1v) is 0. The van der Waals surface area contributed by atoms with Crippen molar-refractivity contribution in [2.75, 3.05) is 0 Å². The molecule has 0 saturated heterocycles. The van der Waals surface area contributed by atoms with Crippen molar-refractivity contribution in [2.24, 2.45) is 0 Å². The van der Waals surface area contributed by atoms with E-state index in [1.54, 1.807) is 0 Å². The molecule has 0 bridgehead atoms. The van der Waals surface area contributed by atoms with Gasteiger partial charge in [-0.25, -0.2) is 0 Å². The van der Waals surface area contributed by atoms with Gasteiger partial charge in [-0.15, -0.1) is 0 Å². The molecular weight excluding hydrogens is 1110 g/mol. The third-order valence-electron chi connectivity index (χ3n) is 0. The summed E-state index contributed by atoms with van der Waals surface area (Å²) in [6.45, 7) is 0. The van der Waals surface area contributed by atoms with E-state index in [1.165, 1.54) is 0 Å². The number of hydrogen-bond acceptors (Lipinski definition) is 0. The van der Waals surface area contributed by atoms with Crippen LogP contribution in [-0.4, -0.2) is 52.8 Å². The van der Waals surface area contributed by atoms with E-state index in [4.69, 9.17) is 0 Å². The molecule has 0 amide bonds. The van der Waals surface area contributed by atoms with E-state index in [0.717, 1.165) is 0 Å². The Hall–Kier alpha value is 5.98. The Morgan fingerprint density at radius 3 is 0.250 bits per heavy atom. The molecule has 0 aromatic carbocycles. The van der Waals surface area contributed by atoms with E-state index in [9.17, 15) is 0 Å². The minimum absolute atomic E-state index is 0. The summed E-state index contributed by atoms with van der Waals surface area (Å²) in [6.07, 6.45) is 0. The Labute approximate surface area is 177 Å². The van der Waals surface area contributed by atoms with Crippen LogP contribution in [0.15, 0.2) is 0 Å². The predicted molar refractivity (Wildman–Crippen MR) is 34.0 cm³/mol. The molecule has 0 radical (unpaired) electrons. The molecule has 0 aliphatic carbocycles. The smallest absolute Gasteiger partial charge is 0 e. The molecule has 0 fully saturated rings. The van der Waals surface area contributed by atoms with E-state index in [1.807, 2.05) is 0 Å². The Balaban J connectivity index is 0. The number of hydrogen-bond donors (Lipinski definition) is 0. The Morgan fingerprint density at radius 1 is 0.250 bits per heavy atom. The Kier molecular flexibility index (Phi) is 429. The average Bonchev–Trinajstić information content (AvgIpc) is 0. The van der Waals surface area contributed by atoms with E-state index >= 15 is 0 Å². The molecule has 0 N–H and O–H groups in total. The fourth-order valence-corrected chi connectivity index (χ4v) is 0. The van der Waals surface area contributed by atoms with Crippen LogP contribution < -0.4 is 0 Å². The van der Waals surface area contributed by atoms with Crippen LogP contribution >= 0.6 is 0 Å². The minimum Gasteiger partial charge on any atom is 0 e. The van der Waals surface area contributed by atoms with E-state index in [0.29, 0.717) is 0 Å². The molecule has 0 aromatic heterocycles. The summed E-state index contributed by atoms with van der Waals surface area (Å²) < 4.78 is 0. The van der Waals surface area contributed by atoms with Crippen LogP contribution in [0.1, 0.15) is 0 Å². The van der Waals surface area contributed by atoms with E-state index < -0.39 is 0 Å². The van der Waals surface area contributed by atoms with Crippen molar-refractivity contribution in [2.45, 2.75) is 0 Å². The summed E-state index contributed by atoms with van der Waals surface area (Å²) in [5.41, 5.74) is 0. The van der Waals surface area contributed by atoms with Gasteiger partial charge in [0.15, 0.2) is 0 Å². The van der Waals surface area contributed by atoms with Gasteiger partial charge in [-0.05, 0) is 0 Å². The van der Waals surface area contributed by atoms with Crippen LogP contribution in [0.3, 0.4) is 0 Å². The van der Waals surface area contributed by atoms with Crippen LogP contribution in [0.2, 0.25) is 0 Å². The summed E-state index contributed by atoms with van der Waals surface area (Å²) in [7, 11) is 0. The van der Waals surface area contributed by atoms with E-state index in [2.05, 4.69) is 0 Å². The maximum atomic E-state index is 0. The third-order valence-corrected chi connectivity index (χ3v) is 0. The molecule has 44 valence electrons. The molecule has 0 unspecified atom stereocenters. The first kappa shape index (κ1) is 65.9. The van der Waals surface area contributed by atoms with Crippen molar-refractivity contribution in [3.8, 4) is 0 Å². The third kappa shape index (κ3) is 40.4. The predicted octanol–water partition coefficient (Wildman–Crippen LogP) is -4.37. The number of rotatable bonds is 0. The molecule has 8 heteroatoms. The zero-order chi connectivity index (χ0) is 0. The van der Waals surface area contributed by atoms with Gasteiger partial charge in [0.2, 0.25) is 0 Å². The van der Waals surface area contributed by atoms with Gasteiger partial charge in [0.1, 0.15) is 0 Å². The second-order valence-electron chi connectivity index (χ2n) is 0. The monoisotopic (exact) mass is 1130 g/mol. The fraction of sp³-hybridized carbons (Fsp3) is 0. The van der Waals surface area contributed by atoms with Crippen LogP contribution in [-0.2, 0) is 129 Å². The summed E-state index contributed by atoms with van der Waals surface area (Å²) in [5, 5.41) is 0. The second-order valence-corrected chi connectivity index (χ2v) is 0. The summed E-state index contributed by atoms with van der Waals surface area (Å²) in [4.78, 5) is 0. The molecule has 0 aromatic rings. The van der Waals surface area contributed by atoms with Crippen LogP contribution in [0.5, 0.6) is 0 Å². The molecular formula is H12Ge3Hf5. The van der Waals surface area contributed by atoms with Gasteiger partial charge in [0, 0.05) is 129 Å². The first-order valence-electron chi connectivity index (χ1n) is 0. The van der Waals surface area contributed by atoms with Crippen LogP contribution in [0.25, 0.3) is 0 Å². The summed E-state index contributed by atoms with van der Waals surface area (Å²) >= 11 is 0. The standard InChI is InChI=1S/3GeH4.5Hf/h3*1H4;;;;;. The zero-order valence-electron chi connectivity index (χ0n) is 2.50. The summed E-state index contributed by atoms with van der Waals surface area (Å²) in [5.74, 6) is 0. The van der Waals surface area contributed by atoms with Gasteiger partial charge < -0.3 is 0 Å². The fourth-order valence-electron chi connectivity index (χ4n) is 0. The molecule has 8 heavy (non-hydrogen) atoms. The maximum Gasteiger partial charge on any atom is 0 e. The van der Waals surface area contributed by atoms with Gasteiger partial charge in [-0.3, -0.25) is 0 Å². The molecule has 0 heterocycles. The quantitative estimate of drug-likeness (QED) is 0.216. The molecule has 0 nitrogen and oxygen atoms in total. The van der Waals surface area contributed by atoms with Gasteiger partial charge in [0.05, 0.1) is 0 Å².